The number of benzene rings is 3. The Morgan fingerprint density at radius 3 is 2.30 bits per heavy atom. The van der Waals surface area contributed by atoms with Crippen molar-refractivity contribution in [2.75, 3.05) is 17.1 Å². The molecule has 6 nitrogen and oxygen atoms in total. The number of rotatable bonds is 6. The largest absolute Gasteiger partial charge is 0.497 e. The number of halogens is 2. The molecule has 156 valence electrons. The smallest absolute Gasteiger partial charge is 0.262 e. The van der Waals surface area contributed by atoms with Crippen LogP contribution in [0, 0.1) is 12.7 Å². The summed E-state index contributed by atoms with van der Waals surface area (Å²) >= 11 is 3.15. The van der Waals surface area contributed by atoms with Gasteiger partial charge < -0.3 is 10.1 Å². The summed E-state index contributed by atoms with van der Waals surface area (Å²) in [6, 6.07) is 14.7. The Labute approximate surface area is 182 Å². The van der Waals surface area contributed by atoms with E-state index in [4.69, 9.17) is 4.74 Å². The van der Waals surface area contributed by atoms with Crippen molar-refractivity contribution < 1.29 is 22.3 Å². The number of sulfonamides is 1. The van der Waals surface area contributed by atoms with Gasteiger partial charge in [-0.15, -0.1) is 0 Å². The fourth-order valence-corrected chi connectivity index (χ4v) is 4.57. The molecule has 0 unspecified atom stereocenters. The van der Waals surface area contributed by atoms with Crippen molar-refractivity contribution in [3.05, 3.63) is 82.1 Å². The van der Waals surface area contributed by atoms with Gasteiger partial charge in [-0.25, -0.2) is 12.8 Å². The van der Waals surface area contributed by atoms with E-state index >= 15 is 0 Å². The highest BCUT2D eigenvalue weighted by atomic mass is 79.9. The Balaban J connectivity index is 1.85. The van der Waals surface area contributed by atoms with Crippen LogP contribution in [0.5, 0.6) is 5.75 Å². The molecule has 3 rings (SSSR count). The number of aryl methyl sites for hydroxylation is 1. The molecule has 30 heavy (non-hydrogen) atoms. The molecule has 0 aliphatic heterocycles. The van der Waals surface area contributed by atoms with Gasteiger partial charge in [0.2, 0.25) is 0 Å². The predicted molar refractivity (Wildman–Crippen MR) is 117 cm³/mol. The first-order valence-electron chi connectivity index (χ1n) is 8.73. The number of hydrogen-bond acceptors (Lipinski definition) is 4. The van der Waals surface area contributed by atoms with E-state index in [-0.39, 0.29) is 16.1 Å². The van der Waals surface area contributed by atoms with Gasteiger partial charge in [-0.05, 0) is 83.0 Å². The van der Waals surface area contributed by atoms with Crippen LogP contribution in [0.4, 0.5) is 15.8 Å². The minimum Gasteiger partial charge on any atom is -0.497 e. The number of amides is 1. The summed E-state index contributed by atoms with van der Waals surface area (Å²) in [6.07, 6.45) is 0. The lowest BCUT2D eigenvalue weighted by atomic mass is 10.2. The fraction of sp³-hybridized carbons (Fsp3) is 0.0952. The van der Waals surface area contributed by atoms with Gasteiger partial charge >= 0.3 is 0 Å². The molecule has 0 radical (unpaired) electrons. The van der Waals surface area contributed by atoms with E-state index in [1.807, 2.05) is 0 Å². The lowest BCUT2D eigenvalue weighted by Crippen LogP contribution is -2.16. The van der Waals surface area contributed by atoms with Gasteiger partial charge in [0.15, 0.2) is 0 Å². The zero-order chi connectivity index (χ0) is 21.9. The van der Waals surface area contributed by atoms with Gasteiger partial charge in [-0.1, -0.05) is 6.07 Å². The Bertz CT molecular complexity index is 1200. The van der Waals surface area contributed by atoms with Crippen LogP contribution in [0.3, 0.4) is 0 Å². The van der Waals surface area contributed by atoms with E-state index < -0.39 is 21.7 Å². The molecule has 2 N–H and O–H groups in total. The molecule has 3 aromatic carbocycles. The average molecular weight is 493 g/mol. The number of carbonyl (C=O) groups is 1. The summed E-state index contributed by atoms with van der Waals surface area (Å²) in [6.45, 7) is 1.66. The predicted octanol–water partition coefficient (Wildman–Crippen LogP) is 4.96. The second-order valence-corrected chi connectivity index (χ2v) is 8.90. The molecule has 9 heteroatoms. The van der Waals surface area contributed by atoms with Gasteiger partial charge in [0, 0.05) is 15.8 Å². The number of methoxy groups -OCH3 is 1. The minimum absolute atomic E-state index is 0.0225. The van der Waals surface area contributed by atoms with Crippen molar-refractivity contribution in [2.45, 2.75) is 11.8 Å². The van der Waals surface area contributed by atoms with Crippen LogP contribution in [0.1, 0.15) is 15.9 Å². The van der Waals surface area contributed by atoms with Gasteiger partial charge in [-0.2, -0.15) is 0 Å². The maximum atomic E-state index is 13.2. The quantitative estimate of drug-likeness (QED) is 0.509. The van der Waals surface area contributed by atoms with Crippen molar-refractivity contribution in [3.63, 3.8) is 0 Å². The third-order valence-corrected chi connectivity index (χ3v) is 6.43. The highest BCUT2D eigenvalue weighted by Crippen LogP contribution is 2.25. The number of hydrogen-bond donors (Lipinski definition) is 2. The van der Waals surface area contributed by atoms with Crippen LogP contribution in [0.25, 0.3) is 0 Å². The van der Waals surface area contributed by atoms with Crippen molar-refractivity contribution >= 4 is 43.2 Å². The standard InChI is InChI=1S/C21H18BrFN2O4S/c1-13-3-5-16(24-21(26)18-10-4-14(23)11-19(18)22)12-20(13)30(27,28)25-15-6-8-17(29-2)9-7-15/h3-12,25H,1-2H3,(H,24,26). The monoisotopic (exact) mass is 492 g/mol. The number of anilines is 2. The highest BCUT2D eigenvalue weighted by Gasteiger charge is 2.19. The molecule has 0 heterocycles. The fourth-order valence-electron chi connectivity index (χ4n) is 2.71. The third-order valence-electron chi connectivity index (χ3n) is 4.25. The molecular weight excluding hydrogens is 475 g/mol. The Hall–Kier alpha value is -2.91. The maximum absolute atomic E-state index is 13.2. The minimum atomic E-state index is -3.90. The van der Waals surface area contributed by atoms with Crippen LogP contribution in [0.2, 0.25) is 0 Å². The number of carbonyl (C=O) groups excluding carboxylic acids is 1. The van der Waals surface area contributed by atoms with Crippen molar-refractivity contribution in [3.8, 4) is 5.75 Å². The molecule has 0 fully saturated rings. The van der Waals surface area contributed by atoms with E-state index in [9.17, 15) is 17.6 Å². The SMILES string of the molecule is COc1ccc(NS(=O)(=O)c2cc(NC(=O)c3ccc(F)cc3Br)ccc2C)cc1. The van der Waals surface area contributed by atoms with Crippen molar-refractivity contribution in [1.29, 1.82) is 0 Å². The summed E-state index contributed by atoms with van der Waals surface area (Å²) < 4.78 is 46.9. The molecule has 3 aromatic rings. The summed E-state index contributed by atoms with van der Waals surface area (Å²) in [7, 11) is -2.38. The van der Waals surface area contributed by atoms with E-state index in [0.29, 0.717) is 21.5 Å². The zero-order valence-corrected chi connectivity index (χ0v) is 18.5. The first-order chi connectivity index (χ1) is 14.2. The normalized spacial score (nSPS) is 11.1. The Morgan fingerprint density at radius 1 is 1.00 bits per heavy atom. The van der Waals surface area contributed by atoms with Crippen LogP contribution in [-0.4, -0.2) is 21.4 Å². The summed E-state index contributed by atoms with van der Waals surface area (Å²) in [5.74, 6) is -0.380. The molecule has 0 aliphatic carbocycles. The first kappa shape index (κ1) is 21.8. The van der Waals surface area contributed by atoms with Crippen LogP contribution < -0.4 is 14.8 Å². The first-order valence-corrected chi connectivity index (χ1v) is 11.0. The second kappa shape index (κ2) is 8.85. The molecule has 0 bridgehead atoms. The summed E-state index contributed by atoms with van der Waals surface area (Å²) in [4.78, 5) is 12.5. The topological polar surface area (TPSA) is 84.5 Å². The van der Waals surface area contributed by atoms with E-state index in [2.05, 4.69) is 26.0 Å². The summed E-state index contributed by atoms with van der Waals surface area (Å²) in [5.41, 5.74) is 1.39. The van der Waals surface area contributed by atoms with Crippen molar-refractivity contribution in [2.24, 2.45) is 0 Å². The molecular formula is C21H18BrFN2O4S. The van der Waals surface area contributed by atoms with Crippen molar-refractivity contribution in [1.82, 2.24) is 0 Å². The highest BCUT2D eigenvalue weighted by molar-refractivity contribution is 9.10. The van der Waals surface area contributed by atoms with Crippen LogP contribution in [-0.2, 0) is 10.0 Å². The zero-order valence-electron chi connectivity index (χ0n) is 16.1. The van der Waals surface area contributed by atoms with E-state index in [1.54, 1.807) is 43.3 Å². The molecule has 0 spiro atoms. The van der Waals surface area contributed by atoms with Gasteiger partial charge in [0.1, 0.15) is 11.6 Å². The van der Waals surface area contributed by atoms with E-state index in [1.165, 1.54) is 31.4 Å². The lowest BCUT2D eigenvalue weighted by Gasteiger charge is -2.13. The lowest BCUT2D eigenvalue weighted by molar-refractivity contribution is 0.102. The van der Waals surface area contributed by atoms with Gasteiger partial charge in [0.25, 0.3) is 15.9 Å². The summed E-state index contributed by atoms with van der Waals surface area (Å²) in [5, 5.41) is 2.64. The Kier molecular flexibility index (Phi) is 6.42. The molecule has 0 saturated heterocycles. The van der Waals surface area contributed by atoms with Crippen LogP contribution >= 0.6 is 15.9 Å². The molecule has 0 saturated carbocycles. The molecule has 0 aromatic heterocycles. The average Bonchev–Trinajstić information content (AvgIpc) is 2.69. The molecule has 1 amide bonds. The maximum Gasteiger partial charge on any atom is 0.262 e. The second-order valence-electron chi connectivity index (χ2n) is 6.39. The van der Waals surface area contributed by atoms with Gasteiger partial charge in [0.05, 0.1) is 17.6 Å². The van der Waals surface area contributed by atoms with Gasteiger partial charge in [-0.3, -0.25) is 9.52 Å². The molecule has 0 aliphatic rings. The van der Waals surface area contributed by atoms with E-state index in [0.717, 1.165) is 0 Å². The number of ether oxygens (including phenoxy) is 1. The van der Waals surface area contributed by atoms with Crippen LogP contribution in [0.15, 0.2) is 70.0 Å². The number of nitrogens with one attached hydrogen (secondary N) is 2. The molecule has 0 atom stereocenters. The Morgan fingerprint density at radius 2 is 1.67 bits per heavy atom. The third kappa shape index (κ3) is 4.98.